The van der Waals surface area contributed by atoms with E-state index in [2.05, 4.69) is 29.2 Å². The lowest BCUT2D eigenvalue weighted by atomic mass is 10.1. The molecule has 0 saturated carbocycles. The Morgan fingerprint density at radius 1 is 1.00 bits per heavy atom. The standard InChI is InChI=1S/C24H30N2O4/c1-24(2,3)30-23(27)26-14-12-25(13-15-26)16-18-8-10-19(11-9-18)22-17-28-20-6-4-5-7-21(20)29-22/h4-11,22H,12-17H2,1-3H3/t22-/m1/s1. The lowest BCUT2D eigenvalue weighted by Crippen LogP contribution is -2.49. The molecule has 2 aromatic rings. The third kappa shape index (κ3) is 5.05. The molecule has 1 atom stereocenters. The van der Waals surface area contributed by atoms with E-state index in [1.54, 1.807) is 4.90 Å². The van der Waals surface area contributed by atoms with Crippen molar-refractivity contribution in [2.24, 2.45) is 0 Å². The summed E-state index contributed by atoms with van der Waals surface area (Å²) in [7, 11) is 0. The fraction of sp³-hybridized carbons (Fsp3) is 0.458. The lowest BCUT2D eigenvalue weighted by Gasteiger charge is -2.35. The van der Waals surface area contributed by atoms with Crippen LogP contribution in [0.25, 0.3) is 0 Å². The van der Waals surface area contributed by atoms with E-state index in [0.717, 1.165) is 36.7 Å². The van der Waals surface area contributed by atoms with Crippen LogP contribution in [0.5, 0.6) is 11.5 Å². The fourth-order valence-electron chi connectivity index (χ4n) is 3.69. The molecule has 1 amide bonds. The number of rotatable bonds is 3. The Bertz CT molecular complexity index is 868. The van der Waals surface area contributed by atoms with E-state index in [1.165, 1.54) is 5.56 Å². The minimum absolute atomic E-state index is 0.0914. The number of benzene rings is 2. The van der Waals surface area contributed by atoms with Gasteiger partial charge < -0.3 is 19.1 Å². The fourth-order valence-corrected chi connectivity index (χ4v) is 3.69. The van der Waals surface area contributed by atoms with Gasteiger partial charge in [-0.05, 0) is 44.0 Å². The Kier molecular flexibility index (Phi) is 5.86. The smallest absolute Gasteiger partial charge is 0.410 e. The molecule has 0 unspecified atom stereocenters. The van der Waals surface area contributed by atoms with Crippen LogP contribution in [0.3, 0.4) is 0 Å². The van der Waals surface area contributed by atoms with Crippen LogP contribution in [0.15, 0.2) is 48.5 Å². The molecule has 1 fully saturated rings. The minimum Gasteiger partial charge on any atom is -0.485 e. The van der Waals surface area contributed by atoms with Crippen LogP contribution in [0.2, 0.25) is 0 Å². The molecule has 30 heavy (non-hydrogen) atoms. The highest BCUT2D eigenvalue weighted by Crippen LogP contribution is 2.35. The number of carbonyl (C=O) groups is 1. The second-order valence-electron chi connectivity index (χ2n) is 8.85. The van der Waals surface area contributed by atoms with Gasteiger partial charge in [-0.25, -0.2) is 4.79 Å². The molecule has 0 N–H and O–H groups in total. The number of carbonyl (C=O) groups excluding carboxylic acids is 1. The highest BCUT2D eigenvalue weighted by molar-refractivity contribution is 5.68. The van der Waals surface area contributed by atoms with Gasteiger partial charge in [0.1, 0.15) is 12.2 Å². The molecule has 1 saturated heterocycles. The second-order valence-corrected chi connectivity index (χ2v) is 8.85. The molecule has 0 aromatic heterocycles. The van der Waals surface area contributed by atoms with E-state index < -0.39 is 5.60 Å². The van der Waals surface area contributed by atoms with Crippen molar-refractivity contribution in [3.8, 4) is 11.5 Å². The molecule has 6 nitrogen and oxygen atoms in total. The van der Waals surface area contributed by atoms with Crippen molar-refractivity contribution in [1.82, 2.24) is 9.80 Å². The number of piperazine rings is 1. The van der Waals surface area contributed by atoms with Gasteiger partial charge in [-0.2, -0.15) is 0 Å². The molecule has 0 radical (unpaired) electrons. The summed E-state index contributed by atoms with van der Waals surface area (Å²) in [6, 6.07) is 16.3. The predicted octanol–water partition coefficient (Wildman–Crippen LogP) is 4.25. The van der Waals surface area contributed by atoms with Crippen LogP contribution >= 0.6 is 0 Å². The van der Waals surface area contributed by atoms with Crippen molar-refractivity contribution in [3.05, 3.63) is 59.7 Å². The van der Waals surface area contributed by atoms with Gasteiger partial charge in [-0.3, -0.25) is 4.90 Å². The zero-order valence-corrected chi connectivity index (χ0v) is 18.0. The van der Waals surface area contributed by atoms with Gasteiger partial charge in [0.15, 0.2) is 17.6 Å². The minimum atomic E-state index is -0.453. The van der Waals surface area contributed by atoms with Crippen molar-refractivity contribution in [2.75, 3.05) is 32.8 Å². The Morgan fingerprint density at radius 2 is 1.67 bits per heavy atom. The first kappa shape index (κ1) is 20.5. The topological polar surface area (TPSA) is 51.2 Å². The van der Waals surface area contributed by atoms with Crippen molar-refractivity contribution in [2.45, 2.75) is 39.0 Å². The average Bonchev–Trinajstić information content (AvgIpc) is 2.73. The zero-order chi connectivity index (χ0) is 21.1. The van der Waals surface area contributed by atoms with Gasteiger partial charge in [-0.1, -0.05) is 36.4 Å². The number of amides is 1. The van der Waals surface area contributed by atoms with Gasteiger partial charge >= 0.3 is 6.09 Å². The lowest BCUT2D eigenvalue weighted by molar-refractivity contribution is 0.0139. The first-order chi connectivity index (χ1) is 14.4. The van der Waals surface area contributed by atoms with Crippen molar-refractivity contribution < 1.29 is 19.0 Å². The van der Waals surface area contributed by atoms with Gasteiger partial charge in [0, 0.05) is 32.7 Å². The van der Waals surface area contributed by atoms with E-state index in [9.17, 15) is 4.79 Å². The molecule has 2 aromatic carbocycles. The molecule has 0 spiro atoms. The molecule has 0 aliphatic carbocycles. The predicted molar refractivity (Wildman–Crippen MR) is 115 cm³/mol. The second kappa shape index (κ2) is 8.56. The summed E-state index contributed by atoms with van der Waals surface area (Å²) in [6.07, 6.45) is -0.311. The molecule has 4 rings (SSSR count). The van der Waals surface area contributed by atoms with Crippen molar-refractivity contribution in [3.63, 3.8) is 0 Å². The number of hydrogen-bond acceptors (Lipinski definition) is 5. The van der Waals surface area contributed by atoms with Crippen LogP contribution < -0.4 is 9.47 Å². The van der Waals surface area contributed by atoms with E-state index in [0.29, 0.717) is 19.7 Å². The normalized spacial score (nSPS) is 19.4. The highest BCUT2D eigenvalue weighted by atomic mass is 16.6. The van der Waals surface area contributed by atoms with Crippen LogP contribution in [0.1, 0.15) is 38.0 Å². The number of hydrogen-bond donors (Lipinski definition) is 0. The molecule has 0 bridgehead atoms. The maximum atomic E-state index is 12.2. The maximum absolute atomic E-state index is 12.2. The molecule has 2 heterocycles. The van der Waals surface area contributed by atoms with E-state index >= 15 is 0 Å². The molecule has 2 aliphatic heterocycles. The summed E-state index contributed by atoms with van der Waals surface area (Å²) in [5.41, 5.74) is 1.91. The van der Waals surface area contributed by atoms with Crippen LogP contribution in [-0.4, -0.2) is 54.3 Å². The van der Waals surface area contributed by atoms with Gasteiger partial charge in [0.25, 0.3) is 0 Å². The van der Waals surface area contributed by atoms with Gasteiger partial charge in [-0.15, -0.1) is 0 Å². The molecule has 2 aliphatic rings. The van der Waals surface area contributed by atoms with Crippen LogP contribution in [0, 0.1) is 0 Å². The van der Waals surface area contributed by atoms with Crippen molar-refractivity contribution >= 4 is 6.09 Å². The summed E-state index contributed by atoms with van der Waals surface area (Å²) in [5.74, 6) is 1.59. The summed E-state index contributed by atoms with van der Waals surface area (Å²) in [6.45, 7) is 10.2. The third-order valence-electron chi connectivity index (χ3n) is 5.29. The Labute approximate surface area is 178 Å². The first-order valence-electron chi connectivity index (χ1n) is 10.5. The Hall–Kier alpha value is -2.73. The summed E-state index contributed by atoms with van der Waals surface area (Å²) in [4.78, 5) is 16.4. The molecular formula is C24H30N2O4. The molecular weight excluding hydrogens is 380 g/mol. The quantitative estimate of drug-likeness (QED) is 0.757. The average molecular weight is 411 g/mol. The summed E-state index contributed by atoms with van der Waals surface area (Å²) >= 11 is 0. The third-order valence-corrected chi connectivity index (χ3v) is 5.29. The number of para-hydroxylation sites is 2. The zero-order valence-electron chi connectivity index (χ0n) is 18.0. The van der Waals surface area contributed by atoms with Gasteiger partial charge in [0.2, 0.25) is 0 Å². The molecule has 160 valence electrons. The van der Waals surface area contributed by atoms with Crippen molar-refractivity contribution in [1.29, 1.82) is 0 Å². The van der Waals surface area contributed by atoms with E-state index in [4.69, 9.17) is 14.2 Å². The maximum Gasteiger partial charge on any atom is 0.410 e. The Balaban J connectivity index is 1.28. The highest BCUT2D eigenvalue weighted by Gasteiger charge is 2.26. The number of ether oxygens (including phenoxy) is 3. The number of fused-ring (bicyclic) bond motifs is 1. The van der Waals surface area contributed by atoms with E-state index in [1.807, 2.05) is 45.0 Å². The largest absolute Gasteiger partial charge is 0.485 e. The van der Waals surface area contributed by atoms with Crippen LogP contribution in [0.4, 0.5) is 4.79 Å². The summed E-state index contributed by atoms with van der Waals surface area (Å²) < 4.78 is 17.4. The SMILES string of the molecule is CC(C)(C)OC(=O)N1CCN(Cc2ccc([C@H]3COc4ccccc4O3)cc2)CC1. The van der Waals surface area contributed by atoms with Crippen LogP contribution in [-0.2, 0) is 11.3 Å². The molecule has 6 heteroatoms. The number of nitrogens with zero attached hydrogens (tertiary/aromatic N) is 2. The monoisotopic (exact) mass is 410 g/mol. The Morgan fingerprint density at radius 3 is 2.33 bits per heavy atom. The first-order valence-corrected chi connectivity index (χ1v) is 10.5. The van der Waals surface area contributed by atoms with E-state index in [-0.39, 0.29) is 12.2 Å². The van der Waals surface area contributed by atoms with Gasteiger partial charge in [0.05, 0.1) is 0 Å². The summed E-state index contributed by atoms with van der Waals surface area (Å²) in [5, 5.41) is 0.